The Hall–Kier alpha value is -2.99. The van der Waals surface area contributed by atoms with Crippen molar-refractivity contribution in [3.05, 3.63) is 36.0 Å². The van der Waals surface area contributed by atoms with Crippen molar-refractivity contribution in [2.24, 2.45) is 0 Å². The number of benzene rings is 1. The summed E-state index contributed by atoms with van der Waals surface area (Å²) in [5.41, 5.74) is -0.416. The van der Waals surface area contributed by atoms with E-state index in [9.17, 15) is 27.8 Å². The van der Waals surface area contributed by atoms with Crippen LogP contribution in [-0.4, -0.2) is 67.5 Å². The zero-order chi connectivity index (χ0) is 22.6. The molecule has 170 valence electrons. The van der Waals surface area contributed by atoms with Crippen molar-refractivity contribution < 1.29 is 27.8 Å². The van der Waals surface area contributed by atoms with E-state index in [-0.39, 0.29) is 36.4 Å². The van der Waals surface area contributed by atoms with E-state index in [0.717, 1.165) is 12.1 Å². The van der Waals surface area contributed by atoms with Crippen LogP contribution in [-0.2, 0) is 6.18 Å². The first kappa shape index (κ1) is 20.9. The molecule has 0 bridgehead atoms. The van der Waals surface area contributed by atoms with E-state index in [4.69, 9.17) is 0 Å². The Morgan fingerprint density at radius 2 is 1.88 bits per heavy atom. The number of hydrogen-bond donors (Lipinski definition) is 3. The van der Waals surface area contributed by atoms with Crippen LogP contribution in [0.4, 0.5) is 29.3 Å². The maximum Gasteiger partial charge on any atom is 0.416 e. The summed E-state index contributed by atoms with van der Waals surface area (Å²) >= 11 is 0. The van der Waals surface area contributed by atoms with Crippen LogP contribution in [0, 0.1) is 0 Å². The van der Waals surface area contributed by atoms with Gasteiger partial charge in [0.2, 0.25) is 5.95 Å². The van der Waals surface area contributed by atoms with E-state index < -0.39 is 30.1 Å². The van der Waals surface area contributed by atoms with Gasteiger partial charge in [-0.05, 0) is 31.0 Å². The van der Waals surface area contributed by atoms with Crippen LogP contribution in [0.3, 0.4) is 0 Å². The fraction of sp³-hybridized carbons (Fsp3) is 0.450. The number of β-amino-alcohol motifs (C(OH)–C–C–N with tert-alkyl or cyclic N) is 1. The number of aliphatic hydroxyl groups is 2. The first-order valence-electron chi connectivity index (χ1n) is 10.1. The molecule has 0 amide bonds. The number of anilines is 2. The summed E-state index contributed by atoms with van der Waals surface area (Å²) in [6.07, 6.45) is -5.10. The van der Waals surface area contributed by atoms with Crippen LogP contribution in [0.5, 0.6) is 0 Å². The Morgan fingerprint density at radius 1 is 1.09 bits per heavy atom. The Morgan fingerprint density at radius 3 is 2.53 bits per heavy atom. The van der Waals surface area contributed by atoms with Crippen molar-refractivity contribution in [3.63, 3.8) is 0 Å². The normalized spacial score (nSPS) is 25.9. The summed E-state index contributed by atoms with van der Waals surface area (Å²) in [5.74, 6) is 0.518. The van der Waals surface area contributed by atoms with Crippen LogP contribution in [0.1, 0.15) is 18.4 Å². The molecule has 1 aliphatic carbocycles. The van der Waals surface area contributed by atoms with E-state index in [1.807, 2.05) is 0 Å². The van der Waals surface area contributed by atoms with Gasteiger partial charge in [0.25, 0.3) is 0 Å². The number of halogens is 4. The first-order valence-corrected chi connectivity index (χ1v) is 10.1. The highest BCUT2D eigenvalue weighted by Crippen LogP contribution is 2.33. The molecule has 8 nitrogen and oxygen atoms in total. The van der Waals surface area contributed by atoms with Crippen molar-refractivity contribution >= 4 is 22.8 Å². The van der Waals surface area contributed by atoms with E-state index in [1.54, 1.807) is 4.90 Å². The molecule has 3 aromatic rings. The van der Waals surface area contributed by atoms with Crippen molar-refractivity contribution in [1.82, 2.24) is 19.7 Å². The molecule has 0 unspecified atom stereocenters. The van der Waals surface area contributed by atoms with Gasteiger partial charge in [0, 0.05) is 12.6 Å². The largest absolute Gasteiger partial charge is 0.416 e. The molecule has 1 aliphatic heterocycles. The van der Waals surface area contributed by atoms with Crippen LogP contribution >= 0.6 is 0 Å². The summed E-state index contributed by atoms with van der Waals surface area (Å²) in [4.78, 5) is 10.5. The van der Waals surface area contributed by atoms with Gasteiger partial charge in [-0.1, -0.05) is 6.07 Å². The minimum absolute atomic E-state index is 0.0175. The van der Waals surface area contributed by atoms with Crippen molar-refractivity contribution in [2.75, 3.05) is 23.3 Å². The third-order valence-corrected chi connectivity index (χ3v) is 5.79. The molecule has 5 rings (SSSR count). The molecule has 2 atom stereocenters. The van der Waals surface area contributed by atoms with Gasteiger partial charge in [0.15, 0.2) is 5.65 Å². The molecule has 12 heteroatoms. The maximum absolute atomic E-state index is 14.0. The monoisotopic (exact) mass is 452 g/mol. The van der Waals surface area contributed by atoms with Crippen LogP contribution in [0.2, 0.25) is 0 Å². The number of rotatable bonds is 4. The Bertz CT molecular complexity index is 1140. The molecule has 3 N–H and O–H groups in total. The van der Waals surface area contributed by atoms with Crippen LogP contribution in [0.15, 0.2) is 30.5 Å². The molecule has 0 radical (unpaired) electrons. The minimum Gasteiger partial charge on any atom is -0.393 e. The number of aromatic nitrogens is 4. The maximum atomic E-state index is 14.0. The topological polar surface area (TPSA) is 99.3 Å². The third kappa shape index (κ3) is 3.73. The molecule has 0 spiro atoms. The summed E-state index contributed by atoms with van der Waals surface area (Å²) in [6.45, 7) is -0.0623. The predicted octanol–water partition coefficient (Wildman–Crippen LogP) is 2.29. The molecule has 2 aliphatic rings. The van der Waals surface area contributed by atoms with E-state index in [2.05, 4.69) is 20.4 Å². The standard InChI is InChI=1S/C20H20F4N6O2/c21-15-8-29(9-16(15)32)17-14-7-25-30(12-3-1-2-10(4-12)20(22,23)24)18(14)28-19(27-17)26-11-5-13(31)6-11/h1-4,7,11,13,15-16,31-32H,5-6,8-9H2,(H,26,27,28)/t11-,13+,15-,16-/m0/s1. The fourth-order valence-corrected chi connectivity index (χ4v) is 4.01. The lowest BCUT2D eigenvalue weighted by molar-refractivity contribution is -0.137. The number of nitrogens with one attached hydrogen (secondary N) is 1. The molecule has 3 heterocycles. The number of nitrogens with zero attached hydrogens (tertiary/aromatic N) is 5. The molecule has 1 saturated heterocycles. The molecule has 32 heavy (non-hydrogen) atoms. The smallest absolute Gasteiger partial charge is 0.393 e. The lowest BCUT2D eigenvalue weighted by Crippen LogP contribution is -2.39. The van der Waals surface area contributed by atoms with Crippen molar-refractivity contribution in [3.8, 4) is 5.69 Å². The SMILES string of the molecule is O[C@H]1CN(c2nc(N[C@H]3C[C@@H](O)C3)nc3c2cnn3-c2cccc(C(F)(F)F)c2)C[C@@H]1F. The van der Waals surface area contributed by atoms with E-state index in [0.29, 0.717) is 24.0 Å². The first-order chi connectivity index (χ1) is 15.2. The second kappa shape index (κ2) is 7.55. The second-order valence-electron chi connectivity index (χ2n) is 8.17. The molecule has 1 saturated carbocycles. The highest BCUT2D eigenvalue weighted by atomic mass is 19.4. The molecule has 1 aromatic carbocycles. The summed E-state index contributed by atoms with van der Waals surface area (Å²) in [5, 5.41) is 27.1. The summed E-state index contributed by atoms with van der Waals surface area (Å²) in [6, 6.07) is 4.65. The lowest BCUT2D eigenvalue weighted by Gasteiger charge is -2.32. The zero-order valence-corrected chi connectivity index (χ0v) is 16.7. The van der Waals surface area contributed by atoms with Crippen LogP contribution in [0.25, 0.3) is 16.7 Å². The van der Waals surface area contributed by atoms with Gasteiger partial charge in [0.05, 0.1) is 35.5 Å². The lowest BCUT2D eigenvalue weighted by atomic mass is 9.90. The highest BCUT2D eigenvalue weighted by Gasteiger charge is 2.35. The fourth-order valence-electron chi connectivity index (χ4n) is 4.01. The summed E-state index contributed by atoms with van der Waals surface area (Å²) < 4.78 is 54.9. The predicted molar refractivity (Wildman–Crippen MR) is 107 cm³/mol. The Balaban J connectivity index is 1.60. The van der Waals surface area contributed by atoms with Gasteiger partial charge >= 0.3 is 6.18 Å². The number of hydrogen-bond acceptors (Lipinski definition) is 7. The minimum atomic E-state index is -4.52. The second-order valence-corrected chi connectivity index (χ2v) is 8.17. The van der Waals surface area contributed by atoms with E-state index >= 15 is 0 Å². The van der Waals surface area contributed by atoms with Gasteiger partial charge in [-0.3, -0.25) is 0 Å². The molecule has 2 aromatic heterocycles. The number of aliphatic hydroxyl groups excluding tert-OH is 2. The average Bonchev–Trinajstić information content (AvgIpc) is 3.29. The number of fused-ring (bicyclic) bond motifs is 1. The van der Waals surface area contributed by atoms with Crippen molar-refractivity contribution in [2.45, 2.75) is 43.4 Å². The van der Waals surface area contributed by atoms with Crippen LogP contribution < -0.4 is 10.2 Å². The van der Waals surface area contributed by atoms with Gasteiger partial charge < -0.3 is 20.4 Å². The number of alkyl halides is 4. The quantitative estimate of drug-likeness (QED) is 0.523. The summed E-state index contributed by atoms with van der Waals surface area (Å²) in [7, 11) is 0. The van der Waals surface area contributed by atoms with Gasteiger partial charge in [-0.15, -0.1) is 0 Å². The van der Waals surface area contributed by atoms with Gasteiger partial charge in [-0.2, -0.15) is 28.2 Å². The van der Waals surface area contributed by atoms with Gasteiger partial charge in [-0.25, -0.2) is 9.07 Å². The van der Waals surface area contributed by atoms with Crippen molar-refractivity contribution in [1.29, 1.82) is 0 Å². The third-order valence-electron chi connectivity index (χ3n) is 5.79. The molecule has 2 fully saturated rings. The molecular weight excluding hydrogens is 432 g/mol. The van der Waals surface area contributed by atoms with Gasteiger partial charge in [0.1, 0.15) is 18.1 Å². The highest BCUT2D eigenvalue weighted by molar-refractivity contribution is 5.89. The Labute approximate surface area is 179 Å². The van der Waals surface area contributed by atoms with E-state index in [1.165, 1.54) is 23.0 Å². The Kier molecular flexibility index (Phi) is 4.93. The molecular formula is C20H20F4N6O2. The average molecular weight is 452 g/mol. The zero-order valence-electron chi connectivity index (χ0n) is 16.7.